The van der Waals surface area contributed by atoms with Gasteiger partial charge in [0.25, 0.3) is 0 Å². The molecule has 2 aliphatic rings. The molecule has 0 spiro atoms. The summed E-state index contributed by atoms with van der Waals surface area (Å²) in [5, 5.41) is 37.7. The van der Waals surface area contributed by atoms with Crippen LogP contribution in [-0.4, -0.2) is 26.0 Å². The van der Waals surface area contributed by atoms with Crippen molar-refractivity contribution < 1.29 is 14.9 Å². The van der Waals surface area contributed by atoms with Crippen LogP contribution in [0.1, 0.15) is 74.4 Å². The molecule has 1 aromatic carbocycles. The summed E-state index contributed by atoms with van der Waals surface area (Å²) in [4.78, 5) is 0. The highest BCUT2D eigenvalue weighted by atomic mass is 16.5. The van der Waals surface area contributed by atoms with Gasteiger partial charge in [-0.15, -0.1) is 0 Å². The summed E-state index contributed by atoms with van der Waals surface area (Å²) in [5.41, 5.74) is 8.84. The minimum Gasteiger partial charge on any atom is -0.422 e. The van der Waals surface area contributed by atoms with E-state index < -0.39 is 11.0 Å². The van der Waals surface area contributed by atoms with Crippen LogP contribution in [0.25, 0.3) is 0 Å². The third kappa shape index (κ3) is 3.96. The first kappa shape index (κ1) is 23.9. The molecule has 4 rings (SSSR count). The number of hydrogen-bond acceptors (Lipinski definition) is 6. The quantitative estimate of drug-likeness (QED) is 0.519. The Morgan fingerprint density at radius 2 is 2.00 bits per heavy atom. The van der Waals surface area contributed by atoms with Crippen LogP contribution in [0.3, 0.4) is 0 Å². The Morgan fingerprint density at radius 3 is 2.62 bits per heavy atom. The molecule has 2 aromatic rings. The van der Waals surface area contributed by atoms with Crippen molar-refractivity contribution in [3.05, 3.63) is 57.6 Å². The van der Waals surface area contributed by atoms with Gasteiger partial charge in [-0.2, -0.15) is 10.4 Å². The van der Waals surface area contributed by atoms with Crippen molar-refractivity contribution in [2.75, 3.05) is 0 Å². The number of aliphatic hydroxyl groups excluding tert-OH is 1. The van der Waals surface area contributed by atoms with E-state index >= 15 is 0 Å². The molecule has 1 aromatic heterocycles. The number of rotatable bonds is 3. The average Bonchev–Trinajstić information content (AvgIpc) is 3.17. The van der Waals surface area contributed by atoms with E-state index in [2.05, 4.69) is 28.1 Å². The summed E-state index contributed by atoms with van der Waals surface area (Å²) in [6.45, 7) is 7.68. The molecule has 0 radical (unpaired) electrons. The molecule has 178 valence electrons. The normalized spacial score (nSPS) is 26.4. The number of nitrogens with two attached hydrogens (primary N) is 1. The summed E-state index contributed by atoms with van der Waals surface area (Å²) in [5.74, 6) is 7.29. The fraction of sp³-hybridized carbons (Fsp3) is 0.481. The molecule has 34 heavy (non-hydrogen) atoms. The summed E-state index contributed by atoms with van der Waals surface area (Å²) in [6, 6.07) is 8.07. The molecule has 7 nitrogen and oxygen atoms in total. The largest absolute Gasteiger partial charge is 0.422 e. The molecule has 1 fully saturated rings. The van der Waals surface area contributed by atoms with E-state index in [1.54, 1.807) is 0 Å². The molecular formula is C27H32N4O3. The molecule has 0 amide bonds. The summed E-state index contributed by atoms with van der Waals surface area (Å²) < 4.78 is 5.73. The maximum atomic E-state index is 10.2. The van der Waals surface area contributed by atoms with E-state index in [4.69, 9.17) is 10.5 Å². The Balaban J connectivity index is 1.87. The van der Waals surface area contributed by atoms with E-state index in [9.17, 15) is 15.5 Å². The van der Waals surface area contributed by atoms with Crippen molar-refractivity contribution in [3.8, 4) is 23.8 Å². The smallest absolute Gasteiger partial charge is 0.222 e. The molecular weight excluding hydrogens is 428 g/mol. The van der Waals surface area contributed by atoms with Gasteiger partial charge in [0.1, 0.15) is 11.6 Å². The second-order valence-electron chi connectivity index (χ2n) is 10.0. The van der Waals surface area contributed by atoms with E-state index in [1.807, 2.05) is 45.9 Å². The SMILES string of the molecule is Cc1n[nH]c2c1C(c1cc(C#C[C@H]3CC[C@@](C)(O)CC3)cc(CO)c1)(C(C)C)C(C#N)=C(N)O2. The van der Waals surface area contributed by atoms with Crippen molar-refractivity contribution in [2.45, 2.75) is 71.0 Å². The Kier molecular flexibility index (Phi) is 6.20. The van der Waals surface area contributed by atoms with Gasteiger partial charge in [-0.25, -0.2) is 5.10 Å². The molecule has 1 aliphatic heterocycles. The van der Waals surface area contributed by atoms with Gasteiger partial charge < -0.3 is 20.7 Å². The molecule has 2 heterocycles. The van der Waals surface area contributed by atoms with Crippen LogP contribution < -0.4 is 10.5 Å². The van der Waals surface area contributed by atoms with E-state index in [0.29, 0.717) is 17.0 Å². The van der Waals surface area contributed by atoms with Crippen LogP contribution in [0, 0.1) is 41.9 Å². The van der Waals surface area contributed by atoms with Crippen molar-refractivity contribution in [3.63, 3.8) is 0 Å². The number of H-pyrrole nitrogens is 1. The lowest BCUT2D eigenvalue weighted by Crippen LogP contribution is -2.41. The lowest BCUT2D eigenvalue weighted by molar-refractivity contribution is 0.0148. The highest BCUT2D eigenvalue weighted by Crippen LogP contribution is 2.52. The zero-order chi connectivity index (χ0) is 24.7. The lowest BCUT2D eigenvalue weighted by Gasteiger charge is -2.41. The topological polar surface area (TPSA) is 128 Å². The van der Waals surface area contributed by atoms with Crippen molar-refractivity contribution in [1.29, 1.82) is 5.26 Å². The Morgan fingerprint density at radius 1 is 1.29 bits per heavy atom. The first-order valence-electron chi connectivity index (χ1n) is 11.7. The standard InChI is InChI=1S/C27H32N4O3/c1-16(2)27(22(14-28)24(29)34-25-23(27)17(3)30-31-25)21-12-19(11-20(13-21)15-32)6-5-18-7-9-26(4,33)10-8-18/h11-13,16,18,32-33H,7-10,15,29H2,1-4H3,(H,30,31)/t18-,26+,27?. The molecule has 0 saturated heterocycles. The summed E-state index contributed by atoms with van der Waals surface area (Å²) in [6.07, 6.45) is 3.19. The zero-order valence-electron chi connectivity index (χ0n) is 20.2. The van der Waals surface area contributed by atoms with Crippen LogP contribution >= 0.6 is 0 Å². The molecule has 1 unspecified atom stereocenters. The summed E-state index contributed by atoms with van der Waals surface area (Å²) >= 11 is 0. The molecule has 1 saturated carbocycles. The van der Waals surface area contributed by atoms with E-state index in [0.717, 1.165) is 48.1 Å². The van der Waals surface area contributed by atoms with Crippen molar-refractivity contribution in [1.82, 2.24) is 10.2 Å². The maximum Gasteiger partial charge on any atom is 0.222 e. The van der Waals surface area contributed by atoms with E-state index in [1.165, 1.54) is 0 Å². The number of allylic oxidation sites excluding steroid dienone is 1. The van der Waals surface area contributed by atoms with Crippen LogP contribution in [0.2, 0.25) is 0 Å². The molecule has 1 atom stereocenters. The number of benzene rings is 1. The number of nitrogens with one attached hydrogen (secondary N) is 1. The second-order valence-corrected chi connectivity index (χ2v) is 10.0. The predicted molar refractivity (Wildman–Crippen MR) is 128 cm³/mol. The van der Waals surface area contributed by atoms with Gasteiger partial charge in [0.15, 0.2) is 0 Å². The number of hydrogen-bond donors (Lipinski definition) is 4. The number of aromatic nitrogens is 2. The highest BCUT2D eigenvalue weighted by Gasteiger charge is 2.50. The lowest BCUT2D eigenvalue weighted by atomic mass is 9.61. The zero-order valence-corrected chi connectivity index (χ0v) is 20.2. The number of nitrogens with zero attached hydrogens (tertiary/aromatic N) is 2. The summed E-state index contributed by atoms with van der Waals surface area (Å²) in [7, 11) is 0. The Bertz CT molecular complexity index is 1230. The van der Waals surface area contributed by atoms with Gasteiger partial charge in [0.05, 0.1) is 28.9 Å². The molecule has 7 heteroatoms. The Hall–Kier alpha value is -3.26. The number of ether oxygens (including phenoxy) is 1. The predicted octanol–water partition coefficient (Wildman–Crippen LogP) is 3.53. The van der Waals surface area contributed by atoms with Crippen molar-refractivity contribution >= 4 is 0 Å². The molecule has 1 aliphatic carbocycles. The highest BCUT2D eigenvalue weighted by molar-refractivity contribution is 5.63. The first-order chi connectivity index (χ1) is 16.1. The van der Waals surface area contributed by atoms with Gasteiger partial charge in [-0.1, -0.05) is 31.8 Å². The van der Waals surface area contributed by atoms with Gasteiger partial charge >= 0.3 is 0 Å². The molecule has 5 N–H and O–H groups in total. The monoisotopic (exact) mass is 460 g/mol. The van der Waals surface area contributed by atoms with Crippen LogP contribution in [0.5, 0.6) is 5.88 Å². The number of fused-ring (bicyclic) bond motifs is 1. The Labute approximate surface area is 200 Å². The van der Waals surface area contributed by atoms with Gasteiger partial charge in [0, 0.05) is 11.5 Å². The number of aliphatic hydroxyl groups is 2. The van der Waals surface area contributed by atoms with E-state index in [-0.39, 0.29) is 24.3 Å². The number of nitriles is 1. The second kappa shape index (κ2) is 8.83. The van der Waals surface area contributed by atoms with Gasteiger partial charge in [-0.05, 0) is 68.7 Å². The van der Waals surface area contributed by atoms with Crippen LogP contribution in [0.4, 0.5) is 0 Å². The average molecular weight is 461 g/mol. The third-order valence-electron chi connectivity index (χ3n) is 7.25. The number of aryl methyl sites for hydroxylation is 1. The first-order valence-corrected chi connectivity index (χ1v) is 11.7. The molecule has 0 bridgehead atoms. The minimum absolute atomic E-state index is 0.0450. The third-order valence-corrected chi connectivity index (χ3v) is 7.25. The fourth-order valence-corrected chi connectivity index (χ4v) is 5.42. The van der Waals surface area contributed by atoms with Gasteiger partial charge in [0.2, 0.25) is 11.8 Å². The van der Waals surface area contributed by atoms with Crippen LogP contribution in [-0.2, 0) is 12.0 Å². The van der Waals surface area contributed by atoms with Crippen LogP contribution in [0.15, 0.2) is 29.7 Å². The van der Waals surface area contributed by atoms with Gasteiger partial charge in [-0.3, -0.25) is 0 Å². The van der Waals surface area contributed by atoms with Crippen molar-refractivity contribution in [2.24, 2.45) is 17.6 Å². The number of aromatic amines is 1. The maximum absolute atomic E-state index is 10.2. The minimum atomic E-state index is -0.908. The fourth-order valence-electron chi connectivity index (χ4n) is 5.42.